The molecule has 3 N–H and O–H groups in total. The molecule has 20 heavy (non-hydrogen) atoms. The number of nitrogens with one attached hydrogen (secondary N) is 1. The van der Waals surface area contributed by atoms with E-state index in [0.29, 0.717) is 28.9 Å². The molecule has 0 aromatic heterocycles. The van der Waals surface area contributed by atoms with Crippen LogP contribution in [0.15, 0.2) is 18.2 Å². The lowest BCUT2D eigenvalue weighted by Crippen LogP contribution is -2.30. The van der Waals surface area contributed by atoms with Gasteiger partial charge in [-0.2, -0.15) is 0 Å². The van der Waals surface area contributed by atoms with E-state index in [0.717, 1.165) is 19.0 Å². The van der Waals surface area contributed by atoms with E-state index in [2.05, 4.69) is 24.1 Å². The van der Waals surface area contributed by atoms with Gasteiger partial charge < -0.3 is 11.1 Å². The van der Waals surface area contributed by atoms with Gasteiger partial charge in [-0.1, -0.05) is 18.5 Å². The van der Waals surface area contributed by atoms with E-state index in [1.54, 1.807) is 18.2 Å². The largest absolute Gasteiger partial charge is 0.397 e. The van der Waals surface area contributed by atoms with Crippen molar-refractivity contribution in [3.8, 4) is 0 Å². The van der Waals surface area contributed by atoms with Gasteiger partial charge in [-0.25, -0.2) is 0 Å². The number of nitrogens with zero attached hydrogens (tertiary/aromatic N) is 1. The van der Waals surface area contributed by atoms with Gasteiger partial charge in [0.25, 0.3) is 0 Å². The van der Waals surface area contributed by atoms with Crippen molar-refractivity contribution < 1.29 is 4.79 Å². The zero-order chi connectivity index (χ0) is 14.7. The Balaban J connectivity index is 1.82. The third-order valence-corrected chi connectivity index (χ3v) is 4.16. The predicted octanol–water partition coefficient (Wildman–Crippen LogP) is 2.98. The number of benzene rings is 1. The van der Waals surface area contributed by atoms with Crippen LogP contribution >= 0.6 is 11.6 Å². The van der Waals surface area contributed by atoms with Crippen molar-refractivity contribution in [2.45, 2.75) is 32.7 Å². The average Bonchev–Trinajstić information content (AvgIpc) is 2.70. The molecule has 0 radical (unpaired) electrons. The summed E-state index contributed by atoms with van der Waals surface area (Å²) in [7, 11) is 0. The highest BCUT2D eigenvalue weighted by molar-refractivity contribution is 6.33. The Morgan fingerprint density at radius 1 is 1.50 bits per heavy atom. The molecule has 5 heteroatoms. The minimum atomic E-state index is 0.0125. The summed E-state index contributed by atoms with van der Waals surface area (Å²) >= 11 is 5.85. The van der Waals surface area contributed by atoms with Crippen molar-refractivity contribution in [3.63, 3.8) is 0 Å². The van der Waals surface area contributed by atoms with Gasteiger partial charge in [0.15, 0.2) is 0 Å². The lowest BCUT2D eigenvalue weighted by molar-refractivity contribution is -0.116. The minimum Gasteiger partial charge on any atom is -0.397 e. The first-order chi connectivity index (χ1) is 9.45. The second-order valence-electron chi connectivity index (χ2n) is 5.72. The van der Waals surface area contributed by atoms with Gasteiger partial charge in [0.1, 0.15) is 0 Å². The van der Waals surface area contributed by atoms with Gasteiger partial charge in [-0.3, -0.25) is 9.69 Å². The molecule has 0 bridgehead atoms. The molecule has 0 spiro atoms. The van der Waals surface area contributed by atoms with Crippen molar-refractivity contribution in [1.29, 1.82) is 0 Å². The van der Waals surface area contributed by atoms with E-state index in [1.807, 2.05) is 0 Å². The molecule has 4 nitrogen and oxygen atoms in total. The van der Waals surface area contributed by atoms with Crippen LogP contribution in [0.4, 0.5) is 11.4 Å². The van der Waals surface area contributed by atoms with E-state index >= 15 is 0 Å². The van der Waals surface area contributed by atoms with Crippen LogP contribution in [-0.2, 0) is 4.79 Å². The minimum absolute atomic E-state index is 0.0125. The summed E-state index contributed by atoms with van der Waals surface area (Å²) in [5, 5.41) is 3.36. The number of amides is 1. The summed E-state index contributed by atoms with van der Waals surface area (Å²) in [4.78, 5) is 14.3. The smallest absolute Gasteiger partial charge is 0.225 e. The van der Waals surface area contributed by atoms with Gasteiger partial charge in [0, 0.05) is 31.2 Å². The fourth-order valence-corrected chi connectivity index (χ4v) is 2.91. The quantitative estimate of drug-likeness (QED) is 0.840. The summed E-state index contributed by atoms with van der Waals surface area (Å²) in [5.41, 5.74) is 6.88. The average molecular weight is 296 g/mol. The van der Waals surface area contributed by atoms with Gasteiger partial charge in [0.05, 0.1) is 10.7 Å². The molecule has 0 aliphatic carbocycles. The van der Waals surface area contributed by atoms with Crippen LogP contribution in [0.3, 0.4) is 0 Å². The molecule has 110 valence electrons. The Morgan fingerprint density at radius 2 is 2.25 bits per heavy atom. The van der Waals surface area contributed by atoms with Gasteiger partial charge >= 0.3 is 0 Å². The molecule has 1 heterocycles. The van der Waals surface area contributed by atoms with Crippen LogP contribution in [0, 0.1) is 5.92 Å². The van der Waals surface area contributed by atoms with E-state index in [9.17, 15) is 4.79 Å². The van der Waals surface area contributed by atoms with Crippen LogP contribution in [-0.4, -0.2) is 29.9 Å². The van der Waals surface area contributed by atoms with Crippen molar-refractivity contribution in [1.82, 2.24) is 4.90 Å². The predicted molar refractivity (Wildman–Crippen MR) is 83.9 cm³/mol. The van der Waals surface area contributed by atoms with Crippen molar-refractivity contribution in [2.75, 3.05) is 24.1 Å². The second-order valence-corrected chi connectivity index (χ2v) is 6.13. The van der Waals surface area contributed by atoms with Crippen molar-refractivity contribution in [2.24, 2.45) is 5.92 Å². The maximum absolute atomic E-state index is 11.9. The molecule has 1 aromatic rings. The highest BCUT2D eigenvalue weighted by Crippen LogP contribution is 2.23. The Kier molecular flexibility index (Phi) is 4.89. The first-order valence-corrected chi connectivity index (χ1v) is 7.42. The summed E-state index contributed by atoms with van der Waals surface area (Å²) in [5.74, 6) is 0.739. The first kappa shape index (κ1) is 15.1. The summed E-state index contributed by atoms with van der Waals surface area (Å²) in [6, 6.07) is 5.71. The number of nitrogen functional groups attached to an aromatic ring is 1. The molecular weight excluding hydrogens is 274 g/mol. The molecule has 1 aliphatic rings. The van der Waals surface area contributed by atoms with Gasteiger partial charge in [-0.05, 0) is 37.5 Å². The Morgan fingerprint density at radius 3 is 2.85 bits per heavy atom. The molecule has 1 fully saturated rings. The fourth-order valence-electron chi connectivity index (χ4n) is 2.79. The van der Waals surface area contributed by atoms with E-state index < -0.39 is 0 Å². The standard InChI is InChI=1S/C15H22ClN3O/c1-10-7-11(2)19(9-10)6-5-15(20)18-12-3-4-13(16)14(17)8-12/h3-4,8,10-11H,5-7,9,17H2,1-2H3,(H,18,20). The highest BCUT2D eigenvalue weighted by Gasteiger charge is 2.25. The fraction of sp³-hybridized carbons (Fsp3) is 0.533. The second kappa shape index (κ2) is 6.46. The Hall–Kier alpha value is -1.26. The first-order valence-electron chi connectivity index (χ1n) is 7.04. The molecule has 0 saturated carbocycles. The number of hydrogen-bond acceptors (Lipinski definition) is 3. The number of nitrogens with two attached hydrogens (primary N) is 1. The van der Waals surface area contributed by atoms with Crippen LogP contribution < -0.4 is 11.1 Å². The van der Waals surface area contributed by atoms with E-state index in [4.69, 9.17) is 17.3 Å². The third-order valence-electron chi connectivity index (χ3n) is 3.82. The Bertz CT molecular complexity index is 492. The maximum Gasteiger partial charge on any atom is 0.225 e. The molecule has 1 saturated heterocycles. The molecule has 1 aliphatic heterocycles. The third kappa shape index (κ3) is 3.87. The topological polar surface area (TPSA) is 58.4 Å². The van der Waals surface area contributed by atoms with Crippen LogP contribution in [0.25, 0.3) is 0 Å². The van der Waals surface area contributed by atoms with Crippen molar-refractivity contribution in [3.05, 3.63) is 23.2 Å². The Labute approximate surface area is 125 Å². The van der Waals surface area contributed by atoms with Gasteiger partial charge in [0.2, 0.25) is 5.91 Å². The molecule has 2 rings (SSSR count). The number of anilines is 2. The maximum atomic E-state index is 11.9. The lowest BCUT2D eigenvalue weighted by Gasteiger charge is -2.20. The number of halogens is 1. The molecule has 2 atom stereocenters. The zero-order valence-electron chi connectivity index (χ0n) is 12.0. The molecular formula is C15H22ClN3O. The molecule has 1 aromatic carbocycles. The molecule has 1 amide bonds. The summed E-state index contributed by atoms with van der Waals surface area (Å²) in [6.45, 7) is 6.37. The summed E-state index contributed by atoms with van der Waals surface area (Å²) in [6.07, 6.45) is 1.72. The summed E-state index contributed by atoms with van der Waals surface area (Å²) < 4.78 is 0. The SMILES string of the molecule is CC1CC(C)N(CCC(=O)Nc2ccc(Cl)c(N)c2)C1. The highest BCUT2D eigenvalue weighted by atomic mass is 35.5. The van der Waals surface area contributed by atoms with E-state index in [-0.39, 0.29) is 5.91 Å². The van der Waals surface area contributed by atoms with Crippen LogP contribution in [0.2, 0.25) is 5.02 Å². The number of hydrogen-bond donors (Lipinski definition) is 2. The zero-order valence-corrected chi connectivity index (χ0v) is 12.8. The normalized spacial score (nSPS) is 22.9. The van der Waals surface area contributed by atoms with Crippen LogP contribution in [0.1, 0.15) is 26.7 Å². The molecule has 2 unspecified atom stereocenters. The number of rotatable bonds is 4. The number of carbonyl (C=O) groups excluding carboxylic acids is 1. The lowest BCUT2D eigenvalue weighted by atomic mass is 10.1. The van der Waals surface area contributed by atoms with Crippen LogP contribution in [0.5, 0.6) is 0 Å². The number of carbonyl (C=O) groups is 1. The monoisotopic (exact) mass is 295 g/mol. The van der Waals surface area contributed by atoms with E-state index in [1.165, 1.54) is 6.42 Å². The van der Waals surface area contributed by atoms with Gasteiger partial charge in [-0.15, -0.1) is 0 Å². The number of likely N-dealkylation sites (tertiary alicyclic amines) is 1. The van der Waals surface area contributed by atoms with Crippen molar-refractivity contribution >= 4 is 28.9 Å².